The minimum absolute atomic E-state index is 0.00740. The van der Waals surface area contributed by atoms with Gasteiger partial charge in [0.25, 0.3) is 0 Å². The smallest absolute Gasteiger partial charge is 0.249 e. The van der Waals surface area contributed by atoms with E-state index in [2.05, 4.69) is 5.32 Å². The monoisotopic (exact) mass is 324 g/mol. The summed E-state index contributed by atoms with van der Waals surface area (Å²) in [6.45, 7) is 4.23. The maximum atomic E-state index is 12.4. The Balaban J connectivity index is 1.95. The molecule has 0 aromatic heterocycles. The molecule has 0 saturated carbocycles. The number of carbonyl (C=O) groups is 2. The van der Waals surface area contributed by atoms with E-state index >= 15 is 0 Å². The van der Waals surface area contributed by atoms with Gasteiger partial charge < -0.3 is 15.3 Å². The Labute approximate surface area is 135 Å². The zero-order valence-electron chi connectivity index (χ0n) is 12.8. The number of halogens is 1. The van der Waals surface area contributed by atoms with Gasteiger partial charge in [-0.25, -0.2) is 0 Å². The summed E-state index contributed by atoms with van der Waals surface area (Å²) in [4.78, 5) is 25.9. The molecule has 22 heavy (non-hydrogen) atoms. The van der Waals surface area contributed by atoms with E-state index in [4.69, 9.17) is 11.6 Å². The molecule has 2 N–H and O–H groups in total. The molecular formula is C16H21ClN2O3. The molecular weight excluding hydrogens is 304 g/mol. The van der Waals surface area contributed by atoms with Crippen molar-refractivity contribution in [1.82, 2.24) is 5.32 Å². The van der Waals surface area contributed by atoms with Crippen molar-refractivity contribution < 1.29 is 14.7 Å². The summed E-state index contributed by atoms with van der Waals surface area (Å²) >= 11 is 5.94. The highest BCUT2D eigenvalue weighted by molar-refractivity contribution is 6.31. The van der Waals surface area contributed by atoms with Crippen LogP contribution >= 0.6 is 11.6 Å². The lowest BCUT2D eigenvalue weighted by Crippen LogP contribution is -2.42. The Morgan fingerprint density at radius 3 is 2.86 bits per heavy atom. The normalized spacial score (nSPS) is 19.6. The number of amides is 2. The Bertz CT molecular complexity index is 562. The molecule has 1 aromatic rings. The van der Waals surface area contributed by atoms with Crippen LogP contribution in [0, 0.1) is 5.92 Å². The number of aliphatic hydroxyl groups excluding tert-OH is 1. The van der Waals surface area contributed by atoms with Crippen LogP contribution in [-0.2, 0) is 9.59 Å². The number of hydrogen-bond acceptors (Lipinski definition) is 3. The quantitative estimate of drug-likeness (QED) is 0.870. The van der Waals surface area contributed by atoms with Gasteiger partial charge in [0.1, 0.15) is 6.04 Å². The number of nitrogens with one attached hydrogen (secondary N) is 1. The van der Waals surface area contributed by atoms with Crippen LogP contribution < -0.4 is 10.2 Å². The molecule has 6 heteroatoms. The first-order valence-corrected chi connectivity index (χ1v) is 7.80. The summed E-state index contributed by atoms with van der Waals surface area (Å²) in [5, 5.41) is 13.0. The summed E-state index contributed by atoms with van der Waals surface area (Å²) in [5.41, 5.74) is 0.733. The number of hydrogen-bond donors (Lipinski definition) is 2. The molecule has 1 saturated heterocycles. The van der Waals surface area contributed by atoms with E-state index in [0.717, 1.165) is 5.69 Å². The highest BCUT2D eigenvalue weighted by Crippen LogP contribution is 2.24. The molecule has 5 nitrogen and oxygen atoms in total. The fourth-order valence-electron chi connectivity index (χ4n) is 2.39. The molecule has 2 amide bonds. The first kappa shape index (κ1) is 16.8. The van der Waals surface area contributed by atoms with Gasteiger partial charge >= 0.3 is 0 Å². The van der Waals surface area contributed by atoms with Crippen LogP contribution in [0.4, 0.5) is 5.69 Å². The Morgan fingerprint density at radius 2 is 2.23 bits per heavy atom. The predicted octanol–water partition coefficient (Wildman–Crippen LogP) is 1.97. The molecule has 0 spiro atoms. The predicted molar refractivity (Wildman–Crippen MR) is 85.8 cm³/mol. The standard InChI is InChI=1S/C16H21ClN2O3/c1-10(2)14(20)9-15(21)18-13-6-7-19(16(13)22)12-5-3-4-11(17)8-12/h3-5,8,10,13-14,20H,6-7,9H2,1-2H3,(H,18,21). The van der Waals surface area contributed by atoms with Gasteiger partial charge in [0.2, 0.25) is 11.8 Å². The molecule has 1 aromatic carbocycles. The first-order chi connectivity index (χ1) is 10.4. The minimum Gasteiger partial charge on any atom is -0.392 e. The number of benzene rings is 1. The molecule has 2 unspecified atom stereocenters. The Hall–Kier alpha value is -1.59. The SMILES string of the molecule is CC(C)C(O)CC(=O)NC1CCN(c2cccc(Cl)c2)C1=O. The van der Waals surface area contributed by atoms with Crippen LogP contribution in [-0.4, -0.2) is 35.6 Å². The molecule has 1 aliphatic rings. The molecule has 2 atom stereocenters. The van der Waals surface area contributed by atoms with Crippen molar-refractivity contribution in [2.24, 2.45) is 5.92 Å². The van der Waals surface area contributed by atoms with Gasteiger partial charge in [-0.15, -0.1) is 0 Å². The van der Waals surface area contributed by atoms with Crippen LogP contribution in [0.1, 0.15) is 26.7 Å². The average Bonchev–Trinajstić information content (AvgIpc) is 2.80. The second-order valence-electron chi connectivity index (χ2n) is 5.89. The number of rotatable bonds is 5. The fourth-order valence-corrected chi connectivity index (χ4v) is 2.58. The van der Waals surface area contributed by atoms with Crippen LogP contribution in [0.25, 0.3) is 0 Å². The number of nitrogens with zero attached hydrogens (tertiary/aromatic N) is 1. The van der Waals surface area contributed by atoms with Crippen LogP contribution in [0.15, 0.2) is 24.3 Å². The Kier molecular flexibility index (Phi) is 5.42. The third-order valence-corrected chi connectivity index (χ3v) is 4.06. The molecule has 1 fully saturated rings. The summed E-state index contributed by atoms with van der Waals surface area (Å²) in [6.07, 6.45) is -0.131. The van der Waals surface area contributed by atoms with E-state index < -0.39 is 12.1 Å². The van der Waals surface area contributed by atoms with Gasteiger partial charge in [-0.2, -0.15) is 0 Å². The average molecular weight is 325 g/mol. The van der Waals surface area contributed by atoms with E-state index in [-0.39, 0.29) is 24.2 Å². The van der Waals surface area contributed by atoms with Crippen LogP contribution in [0.5, 0.6) is 0 Å². The summed E-state index contributed by atoms with van der Waals surface area (Å²) in [7, 11) is 0. The van der Waals surface area contributed by atoms with Gasteiger partial charge in [0, 0.05) is 17.3 Å². The van der Waals surface area contributed by atoms with Crippen molar-refractivity contribution in [3.05, 3.63) is 29.3 Å². The van der Waals surface area contributed by atoms with E-state index in [1.165, 1.54) is 0 Å². The largest absolute Gasteiger partial charge is 0.392 e. The van der Waals surface area contributed by atoms with Gasteiger partial charge in [-0.3, -0.25) is 9.59 Å². The fraction of sp³-hybridized carbons (Fsp3) is 0.500. The topological polar surface area (TPSA) is 69.6 Å². The van der Waals surface area contributed by atoms with Crippen molar-refractivity contribution in [3.8, 4) is 0 Å². The zero-order chi connectivity index (χ0) is 16.3. The maximum absolute atomic E-state index is 12.4. The van der Waals surface area contributed by atoms with Crippen LogP contribution in [0.2, 0.25) is 5.02 Å². The van der Waals surface area contributed by atoms with E-state index in [1.54, 1.807) is 23.1 Å². The van der Waals surface area contributed by atoms with Gasteiger partial charge in [-0.05, 0) is 30.5 Å². The molecule has 2 rings (SSSR count). The van der Waals surface area contributed by atoms with Gasteiger partial charge in [0.15, 0.2) is 0 Å². The maximum Gasteiger partial charge on any atom is 0.249 e. The summed E-state index contributed by atoms with van der Waals surface area (Å²) in [6, 6.07) is 6.54. The highest BCUT2D eigenvalue weighted by Gasteiger charge is 2.33. The highest BCUT2D eigenvalue weighted by atomic mass is 35.5. The third kappa shape index (κ3) is 3.99. The molecule has 1 heterocycles. The Morgan fingerprint density at radius 1 is 1.50 bits per heavy atom. The van der Waals surface area contributed by atoms with E-state index in [9.17, 15) is 14.7 Å². The second-order valence-corrected chi connectivity index (χ2v) is 6.33. The molecule has 0 aliphatic carbocycles. The lowest BCUT2D eigenvalue weighted by Gasteiger charge is -2.18. The number of aliphatic hydroxyl groups is 1. The van der Waals surface area contributed by atoms with Gasteiger partial charge in [-0.1, -0.05) is 31.5 Å². The first-order valence-electron chi connectivity index (χ1n) is 7.43. The summed E-state index contributed by atoms with van der Waals surface area (Å²) in [5.74, 6) is -0.435. The molecule has 0 radical (unpaired) electrons. The second kappa shape index (κ2) is 7.11. The van der Waals surface area contributed by atoms with E-state index in [0.29, 0.717) is 18.0 Å². The number of carbonyl (C=O) groups excluding carboxylic acids is 2. The zero-order valence-corrected chi connectivity index (χ0v) is 13.5. The minimum atomic E-state index is -0.694. The van der Waals surface area contributed by atoms with Crippen LogP contribution in [0.3, 0.4) is 0 Å². The summed E-state index contributed by atoms with van der Waals surface area (Å²) < 4.78 is 0. The van der Waals surface area contributed by atoms with Crippen molar-refractivity contribution in [1.29, 1.82) is 0 Å². The molecule has 0 bridgehead atoms. The third-order valence-electron chi connectivity index (χ3n) is 3.82. The van der Waals surface area contributed by atoms with E-state index in [1.807, 2.05) is 19.9 Å². The van der Waals surface area contributed by atoms with Crippen molar-refractivity contribution in [2.45, 2.75) is 38.8 Å². The van der Waals surface area contributed by atoms with Crippen molar-refractivity contribution in [3.63, 3.8) is 0 Å². The van der Waals surface area contributed by atoms with Gasteiger partial charge in [0.05, 0.1) is 12.5 Å². The molecule has 1 aliphatic heterocycles. The lowest BCUT2D eigenvalue weighted by atomic mass is 10.0. The number of anilines is 1. The van der Waals surface area contributed by atoms with Crippen molar-refractivity contribution in [2.75, 3.05) is 11.4 Å². The lowest BCUT2D eigenvalue weighted by molar-refractivity contribution is -0.128. The molecule has 120 valence electrons. The van der Waals surface area contributed by atoms with Crippen molar-refractivity contribution >= 4 is 29.1 Å².